The Hall–Kier alpha value is -1.68. The van der Waals surface area contributed by atoms with Crippen molar-refractivity contribution in [3.8, 4) is 0 Å². The number of ketones is 1. The first-order valence-electron chi connectivity index (χ1n) is 8.57. The largest absolute Gasteiger partial charge is 0.469 e. The molecule has 1 fully saturated rings. The molecule has 3 atom stereocenters. The molecule has 1 aromatic rings. The van der Waals surface area contributed by atoms with Crippen LogP contribution in [-0.2, 0) is 25.5 Å². The van der Waals surface area contributed by atoms with E-state index in [0.29, 0.717) is 19.3 Å². The van der Waals surface area contributed by atoms with E-state index >= 15 is 0 Å². The maximum absolute atomic E-state index is 13.0. The molecule has 4 heteroatoms. The van der Waals surface area contributed by atoms with Gasteiger partial charge in [0.25, 0.3) is 0 Å². The molecular formula is C20H28O4. The Morgan fingerprint density at radius 1 is 1.04 bits per heavy atom. The second-order valence-electron chi connectivity index (χ2n) is 6.93. The quantitative estimate of drug-likeness (QED) is 0.776. The van der Waals surface area contributed by atoms with Crippen molar-refractivity contribution in [2.24, 2.45) is 11.8 Å². The van der Waals surface area contributed by atoms with Crippen molar-refractivity contribution in [3.05, 3.63) is 34.4 Å². The number of methoxy groups -OCH3 is 2. The highest BCUT2D eigenvalue weighted by atomic mass is 16.5. The van der Waals surface area contributed by atoms with Gasteiger partial charge in [-0.05, 0) is 56.7 Å². The van der Waals surface area contributed by atoms with E-state index in [9.17, 15) is 9.59 Å². The van der Waals surface area contributed by atoms with E-state index in [1.165, 1.54) is 12.7 Å². The third-order valence-electron chi connectivity index (χ3n) is 5.24. The average Bonchev–Trinajstić information content (AvgIpc) is 2.56. The van der Waals surface area contributed by atoms with Gasteiger partial charge in [-0.3, -0.25) is 9.59 Å². The summed E-state index contributed by atoms with van der Waals surface area (Å²) < 4.78 is 10.4. The lowest BCUT2D eigenvalue weighted by molar-refractivity contribution is -0.153. The predicted molar refractivity (Wildman–Crippen MR) is 93.0 cm³/mol. The maximum atomic E-state index is 13.0. The van der Waals surface area contributed by atoms with E-state index in [2.05, 4.69) is 19.1 Å². The van der Waals surface area contributed by atoms with Crippen molar-refractivity contribution >= 4 is 11.8 Å². The summed E-state index contributed by atoms with van der Waals surface area (Å²) in [5.41, 5.74) is 4.55. The van der Waals surface area contributed by atoms with Crippen LogP contribution in [0.1, 0.15) is 41.5 Å². The molecule has 4 nitrogen and oxygen atoms in total. The van der Waals surface area contributed by atoms with Crippen LogP contribution in [-0.4, -0.2) is 32.1 Å². The summed E-state index contributed by atoms with van der Waals surface area (Å²) in [6.07, 6.45) is 2.45. The molecule has 1 aliphatic carbocycles. The topological polar surface area (TPSA) is 52.6 Å². The molecule has 3 unspecified atom stereocenters. The molecule has 0 heterocycles. The second-order valence-corrected chi connectivity index (χ2v) is 6.93. The van der Waals surface area contributed by atoms with Gasteiger partial charge < -0.3 is 9.47 Å². The third-order valence-corrected chi connectivity index (χ3v) is 5.24. The Balaban J connectivity index is 2.23. The highest BCUT2D eigenvalue weighted by molar-refractivity contribution is 5.89. The predicted octanol–water partition coefficient (Wildman–Crippen LogP) is 3.33. The summed E-state index contributed by atoms with van der Waals surface area (Å²) in [4.78, 5) is 25.1. The molecule has 0 amide bonds. The van der Waals surface area contributed by atoms with Gasteiger partial charge in [0, 0.05) is 19.4 Å². The number of ether oxygens (including phenoxy) is 2. The van der Waals surface area contributed by atoms with Crippen LogP contribution in [0.2, 0.25) is 0 Å². The Morgan fingerprint density at radius 3 is 2.21 bits per heavy atom. The fourth-order valence-electron chi connectivity index (χ4n) is 3.93. The fourth-order valence-corrected chi connectivity index (χ4v) is 3.93. The summed E-state index contributed by atoms with van der Waals surface area (Å²) >= 11 is 0. The summed E-state index contributed by atoms with van der Waals surface area (Å²) in [5.74, 6) is -0.835. The normalized spacial score (nSPS) is 23.8. The van der Waals surface area contributed by atoms with Gasteiger partial charge in [0.2, 0.25) is 0 Å². The monoisotopic (exact) mass is 332 g/mol. The minimum Gasteiger partial charge on any atom is -0.469 e. The molecule has 1 aliphatic rings. The maximum Gasteiger partial charge on any atom is 0.309 e. The van der Waals surface area contributed by atoms with Crippen molar-refractivity contribution in [1.29, 1.82) is 0 Å². The second kappa shape index (κ2) is 7.93. The van der Waals surface area contributed by atoms with E-state index in [1.54, 1.807) is 7.11 Å². The van der Waals surface area contributed by atoms with Gasteiger partial charge in [-0.2, -0.15) is 0 Å². The van der Waals surface area contributed by atoms with Crippen LogP contribution in [0.4, 0.5) is 0 Å². The lowest BCUT2D eigenvalue weighted by atomic mass is 9.74. The minimum absolute atomic E-state index is 0.0417. The molecule has 2 rings (SSSR count). The van der Waals surface area contributed by atoms with Crippen LogP contribution in [0.15, 0.2) is 12.1 Å². The molecule has 0 spiro atoms. The van der Waals surface area contributed by atoms with Gasteiger partial charge in [0.15, 0.2) is 0 Å². The molecule has 132 valence electrons. The number of benzene rings is 1. The first-order valence-corrected chi connectivity index (χ1v) is 8.57. The minimum atomic E-state index is -0.347. The molecule has 0 N–H and O–H groups in total. The van der Waals surface area contributed by atoms with Crippen LogP contribution in [0, 0.1) is 32.6 Å². The van der Waals surface area contributed by atoms with Crippen molar-refractivity contribution in [2.45, 2.75) is 52.6 Å². The van der Waals surface area contributed by atoms with Gasteiger partial charge in [0.1, 0.15) is 5.78 Å². The number of aryl methyl sites for hydroxylation is 3. The number of carbonyl (C=O) groups is 2. The zero-order valence-corrected chi connectivity index (χ0v) is 15.3. The van der Waals surface area contributed by atoms with Crippen LogP contribution in [0.25, 0.3) is 0 Å². The highest BCUT2D eigenvalue weighted by Gasteiger charge is 2.39. The number of hydrogen-bond acceptors (Lipinski definition) is 4. The number of hydrogen-bond donors (Lipinski definition) is 0. The van der Waals surface area contributed by atoms with Crippen LogP contribution < -0.4 is 0 Å². The van der Waals surface area contributed by atoms with E-state index in [-0.39, 0.29) is 29.7 Å². The smallest absolute Gasteiger partial charge is 0.309 e. The van der Waals surface area contributed by atoms with Crippen LogP contribution in [0.3, 0.4) is 0 Å². The van der Waals surface area contributed by atoms with Gasteiger partial charge in [0.05, 0.1) is 19.1 Å². The van der Waals surface area contributed by atoms with Crippen molar-refractivity contribution in [1.82, 2.24) is 0 Å². The molecule has 24 heavy (non-hydrogen) atoms. The average molecular weight is 332 g/mol. The van der Waals surface area contributed by atoms with E-state index < -0.39 is 0 Å². The number of Topliss-reactive ketones (excluding diaryl/α,β-unsaturated/α-hetero) is 1. The number of esters is 1. The molecule has 0 saturated heterocycles. The zero-order chi connectivity index (χ0) is 17.9. The van der Waals surface area contributed by atoms with Crippen molar-refractivity contribution < 1.29 is 19.1 Å². The molecule has 0 bridgehead atoms. The molecule has 0 aliphatic heterocycles. The van der Waals surface area contributed by atoms with Gasteiger partial charge in [-0.25, -0.2) is 0 Å². The lowest BCUT2D eigenvalue weighted by Gasteiger charge is -2.33. The Morgan fingerprint density at radius 2 is 1.67 bits per heavy atom. The molecule has 1 saturated carbocycles. The Labute approximate surface area is 144 Å². The summed E-state index contributed by atoms with van der Waals surface area (Å²) in [5, 5.41) is 0. The van der Waals surface area contributed by atoms with Crippen LogP contribution in [0.5, 0.6) is 0 Å². The van der Waals surface area contributed by atoms with Gasteiger partial charge in [-0.1, -0.05) is 17.7 Å². The zero-order valence-electron chi connectivity index (χ0n) is 15.3. The summed E-state index contributed by atoms with van der Waals surface area (Å²) in [6, 6.07) is 4.21. The molecule has 1 aromatic carbocycles. The number of carbonyl (C=O) groups excluding carboxylic acids is 2. The van der Waals surface area contributed by atoms with Crippen molar-refractivity contribution in [2.75, 3.05) is 14.2 Å². The summed E-state index contributed by atoms with van der Waals surface area (Å²) in [7, 11) is 3.06. The SMILES string of the molecule is COC(=O)C1CCC(OC)CC1C(=O)Cc1c(C)cc(C)cc1C. The van der Waals surface area contributed by atoms with Gasteiger partial charge in [-0.15, -0.1) is 0 Å². The molecule has 0 radical (unpaired) electrons. The first-order chi connectivity index (χ1) is 11.4. The molecule has 0 aromatic heterocycles. The number of rotatable bonds is 5. The fraction of sp³-hybridized carbons (Fsp3) is 0.600. The summed E-state index contributed by atoms with van der Waals surface area (Å²) in [6.45, 7) is 6.14. The lowest BCUT2D eigenvalue weighted by Crippen LogP contribution is -2.39. The Bertz CT molecular complexity index is 597. The standard InChI is InChI=1S/C20H28O4/c1-12-8-13(2)17(14(3)9-12)11-19(21)18-10-15(23-4)6-7-16(18)20(22)24-5/h8-9,15-16,18H,6-7,10-11H2,1-5H3. The highest BCUT2D eigenvalue weighted by Crippen LogP contribution is 2.34. The van der Waals surface area contributed by atoms with Gasteiger partial charge >= 0.3 is 5.97 Å². The van der Waals surface area contributed by atoms with Crippen LogP contribution >= 0.6 is 0 Å². The van der Waals surface area contributed by atoms with E-state index in [0.717, 1.165) is 23.1 Å². The third kappa shape index (κ3) is 4.04. The van der Waals surface area contributed by atoms with Crippen molar-refractivity contribution in [3.63, 3.8) is 0 Å². The van der Waals surface area contributed by atoms with E-state index in [1.807, 2.05) is 13.8 Å². The van der Waals surface area contributed by atoms with E-state index in [4.69, 9.17) is 9.47 Å². The Kier molecular flexibility index (Phi) is 6.16. The molecular weight excluding hydrogens is 304 g/mol. The first kappa shape index (κ1) is 18.7.